The summed E-state index contributed by atoms with van der Waals surface area (Å²) >= 11 is 11.5. The number of benzene rings is 1. The van der Waals surface area contributed by atoms with Crippen molar-refractivity contribution < 1.29 is 9.53 Å². The lowest BCUT2D eigenvalue weighted by molar-refractivity contribution is -0.145. The maximum atomic E-state index is 11.9. The minimum Gasteiger partial charge on any atom is -0.459 e. The van der Waals surface area contributed by atoms with Gasteiger partial charge in [0.25, 0.3) is 5.56 Å². The predicted octanol–water partition coefficient (Wildman–Crippen LogP) is 2.60. The number of rotatable bonds is 4. The van der Waals surface area contributed by atoms with Crippen LogP contribution in [0, 0.1) is 6.92 Å². The minimum atomic E-state index is -0.574. The van der Waals surface area contributed by atoms with Gasteiger partial charge in [-0.15, -0.1) is 0 Å². The fourth-order valence-electron chi connectivity index (χ4n) is 1.69. The molecule has 0 unspecified atom stereocenters. The van der Waals surface area contributed by atoms with Crippen LogP contribution in [-0.2, 0) is 22.7 Å². The summed E-state index contributed by atoms with van der Waals surface area (Å²) in [5.74, 6) is -0.553. The monoisotopic (exact) mass is 326 g/mol. The van der Waals surface area contributed by atoms with Crippen molar-refractivity contribution in [3.8, 4) is 0 Å². The van der Waals surface area contributed by atoms with Crippen molar-refractivity contribution in [3.05, 3.63) is 62.2 Å². The molecule has 0 fully saturated rings. The van der Waals surface area contributed by atoms with Crippen LogP contribution in [0.4, 0.5) is 0 Å². The predicted molar refractivity (Wildman–Crippen MR) is 79.5 cm³/mol. The van der Waals surface area contributed by atoms with Crippen molar-refractivity contribution in [2.24, 2.45) is 0 Å². The van der Waals surface area contributed by atoms with E-state index in [0.29, 0.717) is 5.69 Å². The number of halogens is 2. The van der Waals surface area contributed by atoms with E-state index in [0.717, 1.165) is 10.1 Å². The summed E-state index contributed by atoms with van der Waals surface area (Å²) in [4.78, 5) is 27.4. The number of aromatic nitrogens is 2. The van der Waals surface area contributed by atoms with Gasteiger partial charge in [-0.05, 0) is 12.5 Å². The van der Waals surface area contributed by atoms with Crippen LogP contribution in [0.5, 0.6) is 0 Å². The summed E-state index contributed by atoms with van der Waals surface area (Å²) in [7, 11) is 0. The van der Waals surface area contributed by atoms with Crippen molar-refractivity contribution in [1.29, 1.82) is 0 Å². The molecule has 2 rings (SSSR count). The average Bonchev–Trinajstić information content (AvgIpc) is 2.48. The first-order valence-corrected chi connectivity index (χ1v) is 6.86. The van der Waals surface area contributed by atoms with Crippen molar-refractivity contribution in [1.82, 2.24) is 9.55 Å². The van der Waals surface area contributed by atoms with E-state index in [1.165, 1.54) is 0 Å². The third kappa shape index (κ3) is 3.83. The Morgan fingerprint density at radius 2 is 1.90 bits per heavy atom. The Morgan fingerprint density at radius 3 is 2.57 bits per heavy atom. The lowest BCUT2D eigenvalue weighted by atomic mass is 10.2. The average molecular weight is 327 g/mol. The summed E-state index contributed by atoms with van der Waals surface area (Å²) in [6.45, 7) is 1.46. The van der Waals surface area contributed by atoms with Gasteiger partial charge in [-0.3, -0.25) is 14.2 Å². The van der Waals surface area contributed by atoms with E-state index in [1.54, 1.807) is 6.92 Å². The Balaban J connectivity index is 2.08. The van der Waals surface area contributed by atoms with Gasteiger partial charge in [0.05, 0.1) is 5.69 Å². The smallest absolute Gasteiger partial charge is 0.326 e. The first kappa shape index (κ1) is 15.5. The van der Waals surface area contributed by atoms with E-state index >= 15 is 0 Å². The highest BCUT2D eigenvalue weighted by atomic mass is 35.5. The molecule has 0 aliphatic carbocycles. The number of nitrogens with zero attached hydrogens (tertiary/aromatic N) is 2. The Morgan fingerprint density at radius 1 is 1.24 bits per heavy atom. The number of hydrogen-bond acceptors (Lipinski definition) is 4. The van der Waals surface area contributed by atoms with Crippen LogP contribution >= 0.6 is 23.2 Å². The SMILES string of the molecule is Cc1c(Cl)nc(Cl)c(=O)n1CC(=O)OCc1ccccc1. The normalized spacial score (nSPS) is 10.4. The fourth-order valence-corrected chi connectivity index (χ4v) is 2.11. The van der Waals surface area contributed by atoms with E-state index in [-0.39, 0.29) is 23.5 Å². The van der Waals surface area contributed by atoms with Gasteiger partial charge in [0.15, 0.2) is 5.15 Å². The summed E-state index contributed by atoms with van der Waals surface area (Å²) in [6.07, 6.45) is 0. The van der Waals surface area contributed by atoms with Gasteiger partial charge in [-0.1, -0.05) is 53.5 Å². The van der Waals surface area contributed by atoms with E-state index in [9.17, 15) is 9.59 Å². The Labute approximate surface area is 131 Å². The molecule has 0 bridgehead atoms. The molecule has 7 heteroatoms. The molecule has 0 aliphatic heterocycles. The second kappa shape index (κ2) is 6.74. The van der Waals surface area contributed by atoms with Crippen LogP contribution in [0.3, 0.4) is 0 Å². The van der Waals surface area contributed by atoms with Gasteiger partial charge in [0, 0.05) is 0 Å². The minimum absolute atomic E-state index is 0.0791. The van der Waals surface area contributed by atoms with Crippen LogP contribution in [-0.4, -0.2) is 15.5 Å². The van der Waals surface area contributed by atoms with Crippen molar-refractivity contribution in [2.45, 2.75) is 20.1 Å². The van der Waals surface area contributed by atoms with Crippen LogP contribution in [0.1, 0.15) is 11.3 Å². The van der Waals surface area contributed by atoms with Crippen LogP contribution in [0.2, 0.25) is 10.3 Å². The highest BCUT2D eigenvalue weighted by Gasteiger charge is 2.14. The van der Waals surface area contributed by atoms with E-state index in [4.69, 9.17) is 27.9 Å². The molecule has 0 N–H and O–H groups in total. The molecule has 0 saturated carbocycles. The molecule has 2 aromatic rings. The molecule has 1 aromatic heterocycles. The molecule has 1 heterocycles. The molecule has 0 saturated heterocycles. The van der Waals surface area contributed by atoms with Gasteiger partial charge < -0.3 is 4.74 Å². The number of carbonyl (C=O) groups excluding carboxylic acids is 1. The number of ether oxygens (including phenoxy) is 1. The maximum Gasteiger partial charge on any atom is 0.326 e. The Hall–Kier alpha value is -1.85. The molecule has 21 heavy (non-hydrogen) atoms. The molecule has 0 radical (unpaired) electrons. The zero-order chi connectivity index (χ0) is 15.4. The highest BCUT2D eigenvalue weighted by molar-refractivity contribution is 6.32. The summed E-state index contributed by atoms with van der Waals surface area (Å²) in [5.41, 5.74) is 0.652. The molecular formula is C14H12Cl2N2O3. The summed E-state index contributed by atoms with van der Waals surface area (Å²) in [5, 5.41) is -0.197. The van der Waals surface area contributed by atoms with Crippen LogP contribution < -0.4 is 5.56 Å². The largest absolute Gasteiger partial charge is 0.459 e. The first-order chi connectivity index (χ1) is 9.99. The first-order valence-electron chi connectivity index (χ1n) is 6.11. The molecule has 1 aromatic carbocycles. The molecule has 0 amide bonds. The van der Waals surface area contributed by atoms with Crippen molar-refractivity contribution >= 4 is 29.2 Å². The summed E-state index contributed by atoms with van der Waals surface area (Å²) in [6, 6.07) is 9.24. The van der Waals surface area contributed by atoms with Gasteiger partial charge in [0.1, 0.15) is 18.3 Å². The standard InChI is InChI=1S/C14H12Cl2N2O3/c1-9-12(15)17-13(16)14(20)18(9)7-11(19)21-8-10-5-3-2-4-6-10/h2-6H,7-8H2,1H3. The van der Waals surface area contributed by atoms with E-state index in [1.807, 2.05) is 30.3 Å². The number of carbonyl (C=O) groups is 1. The van der Waals surface area contributed by atoms with Gasteiger partial charge >= 0.3 is 5.97 Å². The number of hydrogen-bond donors (Lipinski definition) is 0. The number of esters is 1. The van der Waals surface area contributed by atoms with Crippen molar-refractivity contribution in [2.75, 3.05) is 0 Å². The van der Waals surface area contributed by atoms with E-state index < -0.39 is 11.5 Å². The van der Waals surface area contributed by atoms with Gasteiger partial charge in [-0.25, -0.2) is 4.98 Å². The summed E-state index contributed by atoms with van der Waals surface area (Å²) < 4.78 is 6.26. The fraction of sp³-hybridized carbons (Fsp3) is 0.214. The van der Waals surface area contributed by atoms with Crippen molar-refractivity contribution in [3.63, 3.8) is 0 Å². The van der Waals surface area contributed by atoms with E-state index in [2.05, 4.69) is 4.98 Å². The molecule has 110 valence electrons. The lowest BCUT2D eigenvalue weighted by Crippen LogP contribution is -2.28. The van der Waals surface area contributed by atoms with Gasteiger partial charge in [-0.2, -0.15) is 0 Å². The molecule has 5 nitrogen and oxygen atoms in total. The Kier molecular flexibility index (Phi) is 4.98. The maximum absolute atomic E-state index is 11.9. The Bertz CT molecular complexity index is 714. The second-order valence-electron chi connectivity index (χ2n) is 4.32. The molecule has 0 aliphatic rings. The van der Waals surface area contributed by atoms with Crippen LogP contribution in [0.15, 0.2) is 35.1 Å². The zero-order valence-corrected chi connectivity index (χ0v) is 12.7. The van der Waals surface area contributed by atoms with Crippen LogP contribution in [0.25, 0.3) is 0 Å². The van der Waals surface area contributed by atoms with Gasteiger partial charge in [0.2, 0.25) is 0 Å². The second-order valence-corrected chi connectivity index (χ2v) is 5.03. The third-order valence-electron chi connectivity index (χ3n) is 2.85. The zero-order valence-electron chi connectivity index (χ0n) is 11.2. The molecule has 0 atom stereocenters. The molecular weight excluding hydrogens is 315 g/mol. The topological polar surface area (TPSA) is 61.2 Å². The lowest BCUT2D eigenvalue weighted by Gasteiger charge is -2.11. The quantitative estimate of drug-likeness (QED) is 0.810. The molecule has 0 spiro atoms. The third-order valence-corrected chi connectivity index (χ3v) is 3.46. The highest BCUT2D eigenvalue weighted by Crippen LogP contribution is 2.12.